The summed E-state index contributed by atoms with van der Waals surface area (Å²) in [6, 6.07) is -1.08. The van der Waals surface area contributed by atoms with Crippen LogP contribution in [0.1, 0.15) is 38.5 Å². The fourth-order valence-electron chi connectivity index (χ4n) is 2.65. The molecule has 0 unspecified atom stereocenters. The molecular formula is C13H22N4O6. The first-order chi connectivity index (χ1) is 10.8. The molecule has 1 atom stereocenters. The first kappa shape index (κ1) is 18.5. The number of nitrogens with one attached hydrogen (secondary N) is 3. The number of amides is 4. The Balaban J connectivity index is 2.65. The third kappa shape index (κ3) is 5.64. The molecule has 1 aliphatic carbocycles. The van der Waals surface area contributed by atoms with E-state index in [0.717, 1.165) is 12.8 Å². The van der Waals surface area contributed by atoms with Gasteiger partial charge in [0.2, 0.25) is 11.8 Å². The molecule has 0 heterocycles. The van der Waals surface area contributed by atoms with Crippen LogP contribution in [0.25, 0.3) is 0 Å². The number of carbonyl (C=O) groups is 4. The van der Waals surface area contributed by atoms with Gasteiger partial charge in [0.25, 0.3) is 0 Å². The lowest BCUT2D eigenvalue weighted by molar-refractivity contribution is -0.132. The fourth-order valence-corrected chi connectivity index (χ4v) is 2.65. The van der Waals surface area contributed by atoms with Crippen LogP contribution in [0.15, 0.2) is 0 Å². The number of hydrogen-bond donors (Lipinski definition) is 6. The van der Waals surface area contributed by atoms with E-state index >= 15 is 0 Å². The summed E-state index contributed by atoms with van der Waals surface area (Å²) >= 11 is 0. The predicted octanol–water partition coefficient (Wildman–Crippen LogP) is -0.415. The lowest BCUT2D eigenvalue weighted by atomic mass is 9.95. The Bertz CT molecular complexity index is 475. The molecule has 0 radical (unpaired) electrons. The smallest absolute Gasteiger partial charge is 0.405 e. The van der Waals surface area contributed by atoms with Gasteiger partial charge in [-0.2, -0.15) is 0 Å². The molecule has 0 aromatic carbocycles. The van der Waals surface area contributed by atoms with E-state index in [-0.39, 0.29) is 19.4 Å². The lowest BCUT2D eigenvalue weighted by Crippen LogP contribution is -2.60. The molecular weight excluding hydrogens is 308 g/mol. The number of carbonyl (C=O) groups excluding carboxylic acids is 2. The van der Waals surface area contributed by atoms with Crippen molar-refractivity contribution in [3.8, 4) is 0 Å². The maximum atomic E-state index is 12.3. The number of nitrogens with two attached hydrogens (primary N) is 1. The summed E-state index contributed by atoms with van der Waals surface area (Å²) in [7, 11) is 0. The summed E-state index contributed by atoms with van der Waals surface area (Å²) in [5.74, 6) is -1.27. The number of hydrogen-bond acceptors (Lipinski definition) is 4. The Hall–Kier alpha value is -2.52. The van der Waals surface area contributed by atoms with Crippen molar-refractivity contribution in [1.29, 1.82) is 0 Å². The van der Waals surface area contributed by atoms with Crippen LogP contribution in [0.3, 0.4) is 0 Å². The highest BCUT2D eigenvalue weighted by molar-refractivity contribution is 5.93. The van der Waals surface area contributed by atoms with Crippen LogP contribution in [-0.4, -0.2) is 52.3 Å². The van der Waals surface area contributed by atoms with E-state index in [2.05, 4.69) is 16.0 Å². The average Bonchev–Trinajstić information content (AvgIpc) is 2.91. The van der Waals surface area contributed by atoms with Crippen molar-refractivity contribution in [2.45, 2.75) is 50.1 Å². The van der Waals surface area contributed by atoms with Crippen molar-refractivity contribution in [2.24, 2.45) is 5.73 Å². The Morgan fingerprint density at radius 2 is 1.70 bits per heavy atom. The van der Waals surface area contributed by atoms with Gasteiger partial charge in [0.05, 0.1) is 0 Å². The second-order valence-corrected chi connectivity index (χ2v) is 5.52. The van der Waals surface area contributed by atoms with Crippen molar-refractivity contribution in [1.82, 2.24) is 16.0 Å². The maximum absolute atomic E-state index is 12.3. The molecule has 7 N–H and O–H groups in total. The minimum Gasteiger partial charge on any atom is -0.465 e. The van der Waals surface area contributed by atoms with Gasteiger partial charge in [-0.15, -0.1) is 0 Å². The molecule has 10 heteroatoms. The largest absolute Gasteiger partial charge is 0.465 e. The zero-order chi connectivity index (χ0) is 17.5. The second-order valence-electron chi connectivity index (χ2n) is 5.52. The van der Waals surface area contributed by atoms with Gasteiger partial charge < -0.3 is 31.9 Å². The molecule has 1 aliphatic rings. The quantitative estimate of drug-likeness (QED) is 0.330. The zero-order valence-corrected chi connectivity index (χ0v) is 12.6. The zero-order valence-electron chi connectivity index (χ0n) is 12.6. The van der Waals surface area contributed by atoms with E-state index in [0.29, 0.717) is 12.8 Å². The summed E-state index contributed by atoms with van der Waals surface area (Å²) < 4.78 is 0. The standard InChI is InChI=1S/C13H22N4O6/c14-10(19)13(5-1-2-6-13)17-9(18)8(16-12(22)23)4-3-7-15-11(20)21/h8,15-16H,1-7H2,(H2,14,19)(H,17,18)(H,20,21)(H,22,23)/t8-/m0/s1. The molecule has 0 saturated heterocycles. The van der Waals surface area contributed by atoms with Crippen molar-refractivity contribution in [3.05, 3.63) is 0 Å². The third-order valence-electron chi connectivity index (χ3n) is 3.85. The molecule has 1 rings (SSSR count). The van der Waals surface area contributed by atoms with E-state index in [1.165, 1.54) is 0 Å². The Labute approximate surface area is 132 Å². The molecule has 0 aromatic rings. The third-order valence-corrected chi connectivity index (χ3v) is 3.85. The van der Waals surface area contributed by atoms with Crippen molar-refractivity contribution in [2.75, 3.05) is 6.54 Å². The molecule has 0 aliphatic heterocycles. The van der Waals surface area contributed by atoms with Gasteiger partial charge in [-0.1, -0.05) is 12.8 Å². The summed E-state index contributed by atoms with van der Waals surface area (Å²) in [5.41, 5.74) is 4.24. The molecule has 1 saturated carbocycles. The van der Waals surface area contributed by atoms with Crippen molar-refractivity contribution >= 4 is 24.0 Å². The predicted molar refractivity (Wildman–Crippen MR) is 78.7 cm³/mol. The summed E-state index contributed by atoms with van der Waals surface area (Å²) in [5, 5.41) is 24.1. The summed E-state index contributed by atoms with van der Waals surface area (Å²) in [6.07, 6.45) is 0.127. The number of rotatable bonds is 8. The molecule has 23 heavy (non-hydrogen) atoms. The Kier molecular flexibility index (Phi) is 6.61. The first-order valence-electron chi connectivity index (χ1n) is 7.35. The number of primary amides is 1. The molecule has 10 nitrogen and oxygen atoms in total. The van der Waals surface area contributed by atoms with Gasteiger partial charge in [-0.25, -0.2) is 9.59 Å². The first-order valence-corrected chi connectivity index (χ1v) is 7.35. The Morgan fingerprint density at radius 1 is 1.09 bits per heavy atom. The van der Waals surface area contributed by atoms with Crippen LogP contribution in [0.2, 0.25) is 0 Å². The fraction of sp³-hybridized carbons (Fsp3) is 0.692. The molecule has 0 spiro atoms. The molecule has 4 amide bonds. The Morgan fingerprint density at radius 3 is 2.17 bits per heavy atom. The van der Waals surface area contributed by atoms with Crippen LogP contribution in [0, 0.1) is 0 Å². The minimum atomic E-state index is -1.38. The van der Waals surface area contributed by atoms with Crippen LogP contribution in [0.5, 0.6) is 0 Å². The van der Waals surface area contributed by atoms with E-state index < -0.39 is 35.6 Å². The lowest BCUT2D eigenvalue weighted by Gasteiger charge is -2.29. The number of carboxylic acid groups (broad SMARTS) is 2. The molecule has 0 aromatic heterocycles. The van der Waals surface area contributed by atoms with Gasteiger partial charge in [0.15, 0.2) is 0 Å². The van der Waals surface area contributed by atoms with Crippen LogP contribution < -0.4 is 21.7 Å². The van der Waals surface area contributed by atoms with E-state index in [1.807, 2.05) is 0 Å². The molecule has 130 valence electrons. The molecule has 1 fully saturated rings. The van der Waals surface area contributed by atoms with Gasteiger partial charge in [0.1, 0.15) is 11.6 Å². The van der Waals surface area contributed by atoms with Crippen LogP contribution in [-0.2, 0) is 9.59 Å². The topological polar surface area (TPSA) is 171 Å². The molecule has 0 bridgehead atoms. The maximum Gasteiger partial charge on any atom is 0.405 e. The van der Waals surface area contributed by atoms with Gasteiger partial charge in [0, 0.05) is 6.54 Å². The SMILES string of the molecule is NC(=O)C1(NC(=O)[C@H](CCCNC(=O)O)NC(=O)O)CCCC1. The van der Waals surface area contributed by atoms with Crippen molar-refractivity contribution < 1.29 is 29.4 Å². The van der Waals surface area contributed by atoms with Crippen LogP contribution in [0.4, 0.5) is 9.59 Å². The summed E-state index contributed by atoms with van der Waals surface area (Å²) in [6.45, 7) is 0.0847. The van der Waals surface area contributed by atoms with Gasteiger partial charge in [-0.3, -0.25) is 9.59 Å². The van der Waals surface area contributed by atoms with Crippen molar-refractivity contribution in [3.63, 3.8) is 0 Å². The van der Waals surface area contributed by atoms with Gasteiger partial charge in [-0.05, 0) is 25.7 Å². The summed E-state index contributed by atoms with van der Waals surface area (Å²) in [4.78, 5) is 45.1. The normalized spacial score (nSPS) is 17.0. The second kappa shape index (κ2) is 8.20. The highest BCUT2D eigenvalue weighted by Crippen LogP contribution is 2.29. The minimum absolute atomic E-state index is 0.0847. The van der Waals surface area contributed by atoms with Gasteiger partial charge >= 0.3 is 12.2 Å². The van der Waals surface area contributed by atoms with Crippen LogP contribution >= 0.6 is 0 Å². The van der Waals surface area contributed by atoms with E-state index in [1.54, 1.807) is 0 Å². The van der Waals surface area contributed by atoms with E-state index in [4.69, 9.17) is 15.9 Å². The van der Waals surface area contributed by atoms with E-state index in [9.17, 15) is 19.2 Å². The highest BCUT2D eigenvalue weighted by Gasteiger charge is 2.42. The monoisotopic (exact) mass is 330 g/mol. The highest BCUT2D eigenvalue weighted by atomic mass is 16.4. The average molecular weight is 330 g/mol.